The van der Waals surface area contributed by atoms with Crippen molar-refractivity contribution in [2.45, 2.75) is 57.4 Å². The summed E-state index contributed by atoms with van der Waals surface area (Å²) in [6.45, 7) is -7.45. The molecule has 0 spiro atoms. The largest absolute Gasteiger partial charge is 0.508 e. The van der Waals surface area contributed by atoms with Crippen LogP contribution in [-0.4, -0.2) is 41.6 Å². The first-order chi connectivity index (χ1) is 21.1. The van der Waals surface area contributed by atoms with Crippen molar-refractivity contribution in [3.63, 3.8) is 0 Å². The van der Waals surface area contributed by atoms with Crippen LogP contribution in [0.2, 0.25) is 0 Å². The van der Waals surface area contributed by atoms with Crippen LogP contribution in [0.5, 0.6) is 5.75 Å². The standard InChI is InChI=1S/C25H37NO4/c27-20-23-18-22(13-14-24(23)28)25(29)19-26-15-7-1-2-8-16-30-17-9-6-12-21-10-4-3-5-11-21/h3-5,10-11,13-14,18,25-29H,1-2,6-9,12,15-17,19-20H2/i3D,6D2,9D2,10D,11D,12D2,13D,14D,16D2,18D,20D2,25D. The Balaban J connectivity index is 1.94. The molecule has 4 N–H and O–H groups in total. The smallest absolute Gasteiger partial charge is 0.121 e. The third-order valence-electron chi connectivity index (χ3n) is 3.74. The molecular weight excluding hydrogens is 378 g/mol. The third kappa shape index (κ3) is 9.72. The Bertz CT molecular complexity index is 1410. The number of hydrogen-bond acceptors (Lipinski definition) is 5. The molecule has 30 heavy (non-hydrogen) atoms. The molecule has 5 heteroatoms. The highest BCUT2D eigenvalue weighted by Crippen LogP contribution is 2.22. The lowest BCUT2D eigenvalue weighted by Crippen LogP contribution is -2.22. The molecule has 1 unspecified atom stereocenters. The zero-order valence-corrected chi connectivity index (χ0v) is 16.4. The summed E-state index contributed by atoms with van der Waals surface area (Å²) in [4.78, 5) is 0. The fourth-order valence-electron chi connectivity index (χ4n) is 2.23. The Morgan fingerprint density at radius 3 is 2.70 bits per heavy atom. The van der Waals surface area contributed by atoms with Gasteiger partial charge in [0, 0.05) is 33.5 Å². The van der Waals surface area contributed by atoms with E-state index >= 15 is 0 Å². The first-order valence-corrected chi connectivity index (χ1v) is 9.34. The van der Waals surface area contributed by atoms with Gasteiger partial charge in [-0.3, -0.25) is 0 Å². The Morgan fingerprint density at radius 1 is 1.10 bits per heavy atom. The maximum absolute atomic E-state index is 10.6. The van der Waals surface area contributed by atoms with Crippen LogP contribution in [0.1, 0.15) is 84.5 Å². The highest BCUT2D eigenvalue weighted by atomic mass is 16.5. The lowest BCUT2D eigenvalue weighted by atomic mass is 10.1. The van der Waals surface area contributed by atoms with Gasteiger partial charge in [0.1, 0.15) is 5.75 Å². The number of phenols is 1. The Hall–Kier alpha value is -1.92. The van der Waals surface area contributed by atoms with Gasteiger partial charge in [-0.2, -0.15) is 0 Å². The summed E-state index contributed by atoms with van der Waals surface area (Å²) in [5, 5.41) is 32.9. The minimum absolute atomic E-state index is 0.125. The number of unbranched alkanes of at least 4 members (excludes halogenated alkanes) is 2. The third-order valence-corrected chi connectivity index (χ3v) is 3.74. The van der Waals surface area contributed by atoms with E-state index in [4.69, 9.17) is 28.0 Å². The number of hydrogen-bond donors (Lipinski definition) is 4. The molecule has 0 fully saturated rings. The molecule has 0 aliphatic heterocycles. The van der Waals surface area contributed by atoms with Crippen LogP contribution in [0.25, 0.3) is 0 Å². The minimum Gasteiger partial charge on any atom is -0.508 e. The molecule has 2 aromatic carbocycles. The van der Waals surface area contributed by atoms with E-state index in [1.165, 1.54) is 0 Å². The molecule has 0 aromatic heterocycles. The zero-order chi connectivity index (χ0) is 36.6. The number of benzene rings is 2. The maximum Gasteiger partial charge on any atom is 0.121 e. The SMILES string of the molecule is [2H]c1cc([2H])c(C([2H])([2H])C([2H])([2H])C([2H])([2H])COC([2H])([2H])CCCCCNCC([2H])(O)c2c([2H])c([2H])c(O)c(C([2H])([2H])O)c2[2H])c([2H])c1. The van der Waals surface area contributed by atoms with Gasteiger partial charge in [-0.05, 0) is 61.7 Å². The molecule has 0 radical (unpaired) electrons. The number of aliphatic hydroxyl groups is 2. The summed E-state index contributed by atoms with van der Waals surface area (Å²) in [5.41, 5.74) is -2.64. The zero-order valence-electron chi connectivity index (χ0n) is 33.4. The summed E-state index contributed by atoms with van der Waals surface area (Å²) < 4.78 is 141. The van der Waals surface area contributed by atoms with Crippen LogP contribution in [0.4, 0.5) is 0 Å². The average Bonchev–Trinajstić information content (AvgIpc) is 2.88. The van der Waals surface area contributed by atoms with Crippen molar-refractivity contribution in [1.29, 1.82) is 0 Å². The normalized spacial score (nSPS) is 23.9. The number of nitrogens with one attached hydrogen (secondary N) is 1. The van der Waals surface area contributed by atoms with Crippen LogP contribution >= 0.6 is 0 Å². The Morgan fingerprint density at radius 2 is 1.90 bits per heavy atom. The summed E-state index contributed by atoms with van der Waals surface area (Å²) >= 11 is 0. The maximum atomic E-state index is 10.6. The van der Waals surface area contributed by atoms with Crippen LogP contribution in [-0.2, 0) is 17.7 Å². The number of rotatable bonds is 16. The molecule has 0 aliphatic rings. The Labute approximate surface area is 204 Å². The summed E-state index contributed by atoms with van der Waals surface area (Å²) in [6, 6.07) is -2.70. The number of ether oxygens (including phenoxy) is 1. The average molecular weight is 433 g/mol. The summed E-state index contributed by atoms with van der Waals surface area (Å²) in [5.74, 6) is -1.17. The second-order valence-corrected chi connectivity index (χ2v) is 6.00. The van der Waals surface area contributed by atoms with Crippen molar-refractivity contribution in [3.05, 3.63) is 65.1 Å². The fourth-order valence-corrected chi connectivity index (χ4v) is 2.23. The highest BCUT2D eigenvalue weighted by Gasteiger charge is 2.09. The van der Waals surface area contributed by atoms with Crippen LogP contribution in [0, 0.1) is 0 Å². The first-order valence-electron chi connectivity index (χ1n) is 17.8. The first kappa shape index (κ1) is 9.70. The molecule has 0 saturated heterocycles. The van der Waals surface area contributed by atoms with E-state index in [-0.39, 0.29) is 25.4 Å². The minimum atomic E-state index is -3.40. The summed E-state index contributed by atoms with van der Waals surface area (Å²) in [7, 11) is 0. The van der Waals surface area contributed by atoms with E-state index in [0.717, 1.165) is 12.1 Å². The van der Waals surface area contributed by atoms with Crippen molar-refractivity contribution in [1.82, 2.24) is 5.32 Å². The molecule has 2 rings (SSSR count). The van der Waals surface area contributed by atoms with Gasteiger partial charge < -0.3 is 25.4 Å². The molecule has 0 saturated carbocycles. The quantitative estimate of drug-likeness (QED) is 0.300. The fraction of sp³-hybridized carbons (Fsp3) is 0.520. The summed E-state index contributed by atoms with van der Waals surface area (Å²) in [6.07, 6.45) is -11.9. The lowest BCUT2D eigenvalue weighted by Gasteiger charge is -2.14. The van der Waals surface area contributed by atoms with Gasteiger partial charge in [0.05, 0.1) is 27.7 Å². The molecule has 0 bridgehead atoms. The van der Waals surface area contributed by atoms with Gasteiger partial charge in [-0.1, -0.05) is 49.1 Å². The monoisotopic (exact) mass is 432 g/mol. The van der Waals surface area contributed by atoms with Crippen molar-refractivity contribution in [2.24, 2.45) is 0 Å². The second-order valence-electron chi connectivity index (χ2n) is 6.00. The van der Waals surface area contributed by atoms with Gasteiger partial charge in [-0.15, -0.1) is 0 Å². The Kier molecular flexibility index (Phi) is 4.84. The van der Waals surface area contributed by atoms with E-state index in [2.05, 4.69) is 5.32 Å². The van der Waals surface area contributed by atoms with Crippen molar-refractivity contribution >= 4 is 0 Å². The van der Waals surface area contributed by atoms with Crippen LogP contribution in [0.15, 0.2) is 48.4 Å². The molecule has 2 aromatic rings. The molecule has 5 nitrogen and oxygen atoms in total. The van der Waals surface area contributed by atoms with Crippen LogP contribution < -0.4 is 5.32 Å². The molecule has 0 heterocycles. The lowest BCUT2D eigenvalue weighted by molar-refractivity contribution is 0.126. The second kappa shape index (κ2) is 15.0. The predicted molar refractivity (Wildman–Crippen MR) is 121 cm³/mol. The van der Waals surface area contributed by atoms with E-state index < -0.39 is 104 Å². The topological polar surface area (TPSA) is 82.0 Å². The highest BCUT2D eigenvalue weighted by molar-refractivity contribution is 5.36. The molecular formula is C25H37NO4. The van der Waals surface area contributed by atoms with E-state index in [0.29, 0.717) is 12.8 Å². The van der Waals surface area contributed by atoms with Gasteiger partial charge in [0.25, 0.3) is 0 Å². The van der Waals surface area contributed by atoms with Gasteiger partial charge >= 0.3 is 0 Å². The number of aromatic hydroxyl groups is 1. The van der Waals surface area contributed by atoms with E-state index in [9.17, 15) is 15.3 Å². The van der Waals surface area contributed by atoms with Crippen LogP contribution in [0.3, 0.4) is 0 Å². The molecule has 0 amide bonds. The molecule has 166 valence electrons. The van der Waals surface area contributed by atoms with Gasteiger partial charge in [0.2, 0.25) is 0 Å². The van der Waals surface area contributed by atoms with Gasteiger partial charge in [-0.25, -0.2) is 0 Å². The van der Waals surface area contributed by atoms with Crippen molar-refractivity contribution in [2.75, 3.05) is 26.3 Å². The van der Waals surface area contributed by atoms with Crippen molar-refractivity contribution < 1.29 is 43.4 Å². The predicted octanol–water partition coefficient (Wildman–Crippen LogP) is 4.11. The molecule has 0 aliphatic carbocycles. The van der Waals surface area contributed by atoms with Gasteiger partial charge in [0.15, 0.2) is 0 Å². The van der Waals surface area contributed by atoms with E-state index in [1.807, 2.05) is 0 Å². The van der Waals surface area contributed by atoms with E-state index in [1.54, 1.807) is 0 Å². The molecule has 1 atom stereocenters. The van der Waals surface area contributed by atoms with Crippen molar-refractivity contribution in [3.8, 4) is 5.75 Å².